The van der Waals surface area contributed by atoms with Crippen molar-refractivity contribution < 1.29 is 0 Å². The van der Waals surface area contributed by atoms with Crippen LogP contribution in [0.3, 0.4) is 0 Å². The zero-order valence-electron chi connectivity index (χ0n) is 9.65. The molecule has 0 atom stereocenters. The molecule has 3 nitrogen and oxygen atoms in total. The highest BCUT2D eigenvalue weighted by molar-refractivity contribution is 9.10. The van der Waals surface area contributed by atoms with Crippen molar-refractivity contribution >= 4 is 27.0 Å². The van der Waals surface area contributed by atoms with Crippen LogP contribution in [0.4, 0.5) is 0 Å². The topological polar surface area (TPSA) is 54.7 Å². The number of aromatic nitrogens is 2. The molecule has 0 spiro atoms. The van der Waals surface area contributed by atoms with Gasteiger partial charge >= 0.3 is 0 Å². The van der Waals surface area contributed by atoms with Crippen molar-refractivity contribution in [3.05, 3.63) is 52.5 Å². The average Bonchev–Trinajstić information content (AvgIpc) is 2.81. The van der Waals surface area contributed by atoms with Gasteiger partial charge < -0.3 is 10.7 Å². The standard InChI is InChI=1S/C14H12BrN3/c15-11-4-5-12-13(7-11)18-14(17-12)10-3-1-2-9(6-10)8-16/h1-7H,8,16H2,(H,17,18). The SMILES string of the molecule is NCc1cccc(-c2nc3cc(Br)ccc3[nH]2)c1. The molecular weight excluding hydrogens is 290 g/mol. The minimum absolute atomic E-state index is 0.541. The van der Waals surface area contributed by atoms with E-state index >= 15 is 0 Å². The minimum Gasteiger partial charge on any atom is -0.338 e. The third kappa shape index (κ3) is 2.05. The molecule has 2 aromatic carbocycles. The summed E-state index contributed by atoms with van der Waals surface area (Å²) in [5, 5.41) is 0. The molecule has 0 bridgehead atoms. The summed E-state index contributed by atoms with van der Waals surface area (Å²) in [5.74, 6) is 0.874. The molecule has 0 unspecified atom stereocenters. The van der Waals surface area contributed by atoms with Crippen molar-refractivity contribution in [1.29, 1.82) is 0 Å². The Bertz CT molecular complexity index is 703. The van der Waals surface area contributed by atoms with Gasteiger partial charge in [-0.2, -0.15) is 0 Å². The molecule has 90 valence electrons. The number of H-pyrrole nitrogens is 1. The van der Waals surface area contributed by atoms with Gasteiger partial charge in [-0.1, -0.05) is 34.1 Å². The maximum absolute atomic E-state index is 5.65. The molecule has 4 heteroatoms. The van der Waals surface area contributed by atoms with Crippen molar-refractivity contribution in [2.45, 2.75) is 6.54 Å². The van der Waals surface area contributed by atoms with Crippen LogP contribution in [0.2, 0.25) is 0 Å². The fourth-order valence-corrected chi connectivity index (χ4v) is 2.31. The smallest absolute Gasteiger partial charge is 0.138 e. The maximum atomic E-state index is 5.65. The summed E-state index contributed by atoms with van der Waals surface area (Å²) >= 11 is 3.45. The normalized spacial score (nSPS) is 11.0. The molecule has 1 heterocycles. The highest BCUT2D eigenvalue weighted by Gasteiger charge is 2.05. The highest BCUT2D eigenvalue weighted by atomic mass is 79.9. The monoisotopic (exact) mass is 301 g/mol. The van der Waals surface area contributed by atoms with E-state index in [2.05, 4.69) is 32.0 Å². The average molecular weight is 302 g/mol. The largest absolute Gasteiger partial charge is 0.338 e. The number of nitrogens with zero attached hydrogens (tertiary/aromatic N) is 1. The number of imidazole rings is 1. The quantitative estimate of drug-likeness (QED) is 0.762. The van der Waals surface area contributed by atoms with E-state index in [1.165, 1.54) is 0 Å². The fraction of sp³-hybridized carbons (Fsp3) is 0.0714. The maximum Gasteiger partial charge on any atom is 0.138 e. The summed E-state index contributed by atoms with van der Waals surface area (Å²) in [6, 6.07) is 14.1. The van der Waals surface area contributed by atoms with Crippen LogP contribution in [0.5, 0.6) is 0 Å². The molecular formula is C14H12BrN3. The number of hydrogen-bond donors (Lipinski definition) is 2. The van der Waals surface area contributed by atoms with Crippen LogP contribution in [-0.2, 0) is 6.54 Å². The molecule has 0 amide bonds. The van der Waals surface area contributed by atoms with E-state index in [0.29, 0.717) is 6.54 Å². The van der Waals surface area contributed by atoms with Gasteiger partial charge in [-0.05, 0) is 29.8 Å². The van der Waals surface area contributed by atoms with Gasteiger partial charge in [0, 0.05) is 16.6 Å². The Labute approximate surface area is 113 Å². The third-order valence-corrected chi connectivity index (χ3v) is 3.37. The molecule has 0 aliphatic heterocycles. The first-order valence-electron chi connectivity index (χ1n) is 5.71. The number of nitrogens with one attached hydrogen (secondary N) is 1. The van der Waals surface area contributed by atoms with Gasteiger partial charge in [-0.25, -0.2) is 4.98 Å². The zero-order valence-corrected chi connectivity index (χ0v) is 11.2. The van der Waals surface area contributed by atoms with E-state index in [0.717, 1.165) is 32.5 Å². The number of halogens is 1. The first-order valence-corrected chi connectivity index (χ1v) is 6.50. The van der Waals surface area contributed by atoms with Gasteiger partial charge in [0.1, 0.15) is 5.82 Å². The molecule has 0 aliphatic carbocycles. The summed E-state index contributed by atoms with van der Waals surface area (Å²) in [6.07, 6.45) is 0. The second-order valence-electron chi connectivity index (χ2n) is 4.15. The first-order chi connectivity index (χ1) is 8.76. The van der Waals surface area contributed by atoms with Crippen LogP contribution in [0, 0.1) is 0 Å². The van der Waals surface area contributed by atoms with Crippen molar-refractivity contribution in [3.63, 3.8) is 0 Å². The molecule has 0 fully saturated rings. The number of nitrogens with two attached hydrogens (primary N) is 1. The van der Waals surface area contributed by atoms with Crippen molar-refractivity contribution in [3.8, 4) is 11.4 Å². The second kappa shape index (κ2) is 4.55. The number of fused-ring (bicyclic) bond motifs is 1. The second-order valence-corrected chi connectivity index (χ2v) is 5.07. The molecule has 0 aliphatic rings. The van der Waals surface area contributed by atoms with Gasteiger partial charge in [0.2, 0.25) is 0 Å². The molecule has 18 heavy (non-hydrogen) atoms. The lowest BCUT2D eigenvalue weighted by Gasteiger charge is -1.99. The first kappa shape index (κ1) is 11.4. The summed E-state index contributed by atoms with van der Waals surface area (Å²) < 4.78 is 1.03. The van der Waals surface area contributed by atoms with Crippen molar-refractivity contribution in [1.82, 2.24) is 9.97 Å². The minimum atomic E-state index is 0.541. The van der Waals surface area contributed by atoms with Gasteiger partial charge in [0.15, 0.2) is 0 Å². The van der Waals surface area contributed by atoms with Crippen molar-refractivity contribution in [2.24, 2.45) is 5.73 Å². The Morgan fingerprint density at radius 3 is 2.89 bits per heavy atom. The van der Waals surface area contributed by atoms with Crippen molar-refractivity contribution in [2.75, 3.05) is 0 Å². The number of rotatable bonds is 2. The van der Waals surface area contributed by atoms with Crippen LogP contribution in [0.25, 0.3) is 22.4 Å². The van der Waals surface area contributed by atoms with E-state index in [9.17, 15) is 0 Å². The molecule has 0 saturated heterocycles. The molecule has 0 saturated carbocycles. The molecule has 0 radical (unpaired) electrons. The van der Waals surface area contributed by atoms with E-state index in [4.69, 9.17) is 5.73 Å². The lowest BCUT2D eigenvalue weighted by atomic mass is 10.1. The van der Waals surface area contributed by atoms with Crippen LogP contribution in [0.15, 0.2) is 46.9 Å². The van der Waals surface area contributed by atoms with Gasteiger partial charge in [0.05, 0.1) is 11.0 Å². The lowest BCUT2D eigenvalue weighted by molar-refractivity contribution is 1.07. The van der Waals surface area contributed by atoms with Gasteiger partial charge in [-0.15, -0.1) is 0 Å². The summed E-state index contributed by atoms with van der Waals surface area (Å²) in [6.45, 7) is 0.541. The van der Waals surface area contributed by atoms with Gasteiger partial charge in [-0.3, -0.25) is 0 Å². The third-order valence-electron chi connectivity index (χ3n) is 2.88. The van der Waals surface area contributed by atoms with Crippen LogP contribution >= 0.6 is 15.9 Å². The highest BCUT2D eigenvalue weighted by Crippen LogP contribution is 2.23. The van der Waals surface area contributed by atoms with Crippen LogP contribution in [-0.4, -0.2) is 9.97 Å². The Hall–Kier alpha value is -1.65. The Balaban J connectivity index is 2.13. The summed E-state index contributed by atoms with van der Waals surface area (Å²) in [7, 11) is 0. The molecule has 3 aromatic rings. The Morgan fingerprint density at radius 2 is 2.06 bits per heavy atom. The number of benzene rings is 2. The van der Waals surface area contributed by atoms with Crippen LogP contribution < -0.4 is 5.73 Å². The van der Waals surface area contributed by atoms with E-state index < -0.39 is 0 Å². The van der Waals surface area contributed by atoms with E-state index in [1.807, 2.05) is 36.4 Å². The van der Waals surface area contributed by atoms with E-state index in [1.54, 1.807) is 0 Å². The van der Waals surface area contributed by atoms with Gasteiger partial charge in [0.25, 0.3) is 0 Å². The Morgan fingerprint density at radius 1 is 1.17 bits per heavy atom. The molecule has 1 aromatic heterocycles. The van der Waals surface area contributed by atoms with Crippen LogP contribution in [0.1, 0.15) is 5.56 Å². The zero-order chi connectivity index (χ0) is 12.5. The molecule has 3 rings (SSSR count). The summed E-state index contributed by atoms with van der Waals surface area (Å²) in [4.78, 5) is 7.91. The van der Waals surface area contributed by atoms with E-state index in [-0.39, 0.29) is 0 Å². The predicted molar refractivity (Wildman–Crippen MR) is 77.1 cm³/mol. The Kier molecular flexibility index (Phi) is 2.89. The molecule has 3 N–H and O–H groups in total. The summed E-state index contributed by atoms with van der Waals surface area (Å²) in [5.41, 5.74) is 9.81. The predicted octanol–water partition coefficient (Wildman–Crippen LogP) is 3.45. The number of hydrogen-bond acceptors (Lipinski definition) is 2. The fourth-order valence-electron chi connectivity index (χ4n) is 1.96. The lowest BCUT2D eigenvalue weighted by Crippen LogP contribution is -1.95. The number of aromatic amines is 1.